The molecule has 0 fully saturated rings. The standard InChI is InChI=1S/C12H15NO3.ClH/c1-15-9-5-8-3-4-13-7-11(8)10(6-9)12(14)16-2;/h5-6,13H,3-4,7H2,1-2H3;1H. The van der Waals surface area contributed by atoms with E-state index in [9.17, 15) is 4.79 Å². The zero-order chi connectivity index (χ0) is 11.5. The zero-order valence-corrected chi connectivity index (χ0v) is 10.7. The monoisotopic (exact) mass is 257 g/mol. The number of carbonyl (C=O) groups is 1. The van der Waals surface area contributed by atoms with Crippen LogP contribution in [-0.4, -0.2) is 26.7 Å². The molecule has 17 heavy (non-hydrogen) atoms. The summed E-state index contributed by atoms with van der Waals surface area (Å²) in [6, 6.07) is 3.72. The third kappa shape index (κ3) is 2.70. The Kier molecular flexibility index (Phi) is 4.78. The van der Waals surface area contributed by atoms with Crippen LogP contribution in [-0.2, 0) is 17.7 Å². The fourth-order valence-electron chi connectivity index (χ4n) is 1.98. The van der Waals surface area contributed by atoms with Crippen LogP contribution in [0.2, 0.25) is 0 Å². The lowest BCUT2D eigenvalue weighted by Gasteiger charge is -2.20. The van der Waals surface area contributed by atoms with Crippen molar-refractivity contribution >= 4 is 18.4 Å². The molecule has 0 bridgehead atoms. The average molecular weight is 258 g/mol. The van der Waals surface area contributed by atoms with Crippen LogP contribution in [0.3, 0.4) is 0 Å². The number of fused-ring (bicyclic) bond motifs is 1. The summed E-state index contributed by atoms with van der Waals surface area (Å²) in [6.45, 7) is 1.64. The van der Waals surface area contributed by atoms with Crippen molar-refractivity contribution in [2.75, 3.05) is 20.8 Å². The van der Waals surface area contributed by atoms with Gasteiger partial charge in [0.05, 0.1) is 19.8 Å². The third-order valence-electron chi connectivity index (χ3n) is 2.83. The zero-order valence-electron chi connectivity index (χ0n) is 9.91. The van der Waals surface area contributed by atoms with E-state index in [1.54, 1.807) is 13.2 Å². The molecular weight excluding hydrogens is 242 g/mol. The molecule has 1 heterocycles. The van der Waals surface area contributed by atoms with Gasteiger partial charge in [-0.1, -0.05) is 0 Å². The number of hydrogen-bond acceptors (Lipinski definition) is 4. The number of carbonyl (C=O) groups excluding carboxylic acids is 1. The first-order chi connectivity index (χ1) is 7.76. The van der Waals surface area contributed by atoms with E-state index in [0.29, 0.717) is 17.9 Å². The van der Waals surface area contributed by atoms with Crippen molar-refractivity contribution < 1.29 is 14.3 Å². The highest BCUT2D eigenvalue weighted by Gasteiger charge is 2.19. The lowest BCUT2D eigenvalue weighted by atomic mass is 9.95. The minimum absolute atomic E-state index is 0. The van der Waals surface area contributed by atoms with E-state index in [0.717, 1.165) is 18.5 Å². The molecule has 1 aliphatic heterocycles. The van der Waals surface area contributed by atoms with Gasteiger partial charge in [0.15, 0.2) is 0 Å². The van der Waals surface area contributed by atoms with Crippen LogP contribution in [0, 0.1) is 0 Å². The van der Waals surface area contributed by atoms with E-state index >= 15 is 0 Å². The summed E-state index contributed by atoms with van der Waals surface area (Å²) in [6.07, 6.45) is 0.913. The Hall–Kier alpha value is -1.26. The Labute approximate surface area is 107 Å². The first-order valence-corrected chi connectivity index (χ1v) is 5.25. The minimum atomic E-state index is -0.307. The van der Waals surface area contributed by atoms with Crippen LogP contribution < -0.4 is 10.1 Å². The predicted octanol–water partition coefficient (Wildman–Crippen LogP) is 1.55. The third-order valence-corrected chi connectivity index (χ3v) is 2.83. The number of nitrogens with one attached hydrogen (secondary N) is 1. The lowest BCUT2D eigenvalue weighted by Crippen LogP contribution is -2.26. The quantitative estimate of drug-likeness (QED) is 0.817. The molecule has 1 aromatic rings. The van der Waals surface area contributed by atoms with Crippen molar-refractivity contribution in [3.63, 3.8) is 0 Å². The molecule has 0 unspecified atom stereocenters. The number of halogens is 1. The van der Waals surface area contributed by atoms with Crippen LogP contribution >= 0.6 is 12.4 Å². The molecular formula is C12H16ClNO3. The molecule has 2 rings (SSSR count). The van der Waals surface area contributed by atoms with Crippen molar-refractivity contribution in [2.45, 2.75) is 13.0 Å². The van der Waals surface area contributed by atoms with Crippen molar-refractivity contribution in [1.82, 2.24) is 5.32 Å². The Morgan fingerprint density at radius 1 is 1.35 bits per heavy atom. The highest BCUT2D eigenvalue weighted by molar-refractivity contribution is 5.92. The second kappa shape index (κ2) is 5.89. The second-order valence-electron chi connectivity index (χ2n) is 3.73. The van der Waals surface area contributed by atoms with Gasteiger partial charge < -0.3 is 14.8 Å². The van der Waals surface area contributed by atoms with E-state index in [-0.39, 0.29) is 18.4 Å². The fourth-order valence-corrected chi connectivity index (χ4v) is 1.98. The maximum absolute atomic E-state index is 11.6. The number of esters is 1. The van der Waals surface area contributed by atoms with Gasteiger partial charge in [-0.3, -0.25) is 0 Å². The molecule has 1 N–H and O–H groups in total. The highest BCUT2D eigenvalue weighted by atomic mass is 35.5. The largest absolute Gasteiger partial charge is 0.497 e. The Morgan fingerprint density at radius 2 is 2.12 bits per heavy atom. The Morgan fingerprint density at radius 3 is 2.76 bits per heavy atom. The molecule has 4 nitrogen and oxygen atoms in total. The number of rotatable bonds is 2. The summed E-state index contributed by atoms with van der Waals surface area (Å²) in [4.78, 5) is 11.6. The first-order valence-electron chi connectivity index (χ1n) is 5.25. The highest BCUT2D eigenvalue weighted by Crippen LogP contribution is 2.25. The van der Waals surface area contributed by atoms with Crippen molar-refractivity contribution in [3.8, 4) is 5.75 Å². The van der Waals surface area contributed by atoms with Gasteiger partial charge in [0, 0.05) is 6.54 Å². The summed E-state index contributed by atoms with van der Waals surface area (Å²) in [5.41, 5.74) is 2.79. The van der Waals surface area contributed by atoms with Gasteiger partial charge >= 0.3 is 5.97 Å². The fraction of sp³-hybridized carbons (Fsp3) is 0.417. The number of methoxy groups -OCH3 is 2. The number of benzene rings is 1. The van der Waals surface area contributed by atoms with Gasteiger partial charge in [0.2, 0.25) is 0 Å². The molecule has 0 atom stereocenters. The van der Waals surface area contributed by atoms with Gasteiger partial charge in [0.1, 0.15) is 5.75 Å². The minimum Gasteiger partial charge on any atom is -0.497 e. The molecule has 0 aliphatic carbocycles. The van der Waals surface area contributed by atoms with Crippen LogP contribution in [0.15, 0.2) is 12.1 Å². The molecule has 1 aromatic carbocycles. The molecule has 0 spiro atoms. The molecule has 1 aliphatic rings. The summed E-state index contributed by atoms with van der Waals surface area (Å²) >= 11 is 0. The summed E-state index contributed by atoms with van der Waals surface area (Å²) in [7, 11) is 2.99. The van der Waals surface area contributed by atoms with Crippen molar-refractivity contribution in [1.29, 1.82) is 0 Å². The van der Waals surface area contributed by atoms with E-state index < -0.39 is 0 Å². The molecule has 0 radical (unpaired) electrons. The summed E-state index contributed by atoms with van der Waals surface area (Å²) in [5.74, 6) is 0.403. The van der Waals surface area contributed by atoms with Gasteiger partial charge in [0.25, 0.3) is 0 Å². The SMILES string of the molecule is COC(=O)c1cc(OC)cc2c1CNCC2.Cl. The van der Waals surface area contributed by atoms with Crippen LogP contribution in [0.5, 0.6) is 5.75 Å². The molecule has 94 valence electrons. The molecule has 0 aromatic heterocycles. The van der Waals surface area contributed by atoms with Gasteiger partial charge in [-0.25, -0.2) is 4.79 Å². The van der Waals surface area contributed by atoms with E-state index in [1.807, 2.05) is 6.07 Å². The summed E-state index contributed by atoms with van der Waals surface area (Å²) in [5, 5.41) is 3.25. The summed E-state index contributed by atoms with van der Waals surface area (Å²) < 4.78 is 9.97. The molecule has 5 heteroatoms. The van der Waals surface area contributed by atoms with E-state index in [2.05, 4.69) is 5.32 Å². The first kappa shape index (κ1) is 13.8. The molecule has 0 saturated heterocycles. The molecule has 0 amide bonds. The number of hydrogen-bond donors (Lipinski definition) is 1. The predicted molar refractivity (Wildman–Crippen MR) is 67.0 cm³/mol. The van der Waals surface area contributed by atoms with Gasteiger partial charge in [-0.2, -0.15) is 0 Å². The maximum atomic E-state index is 11.6. The van der Waals surface area contributed by atoms with Crippen LogP contribution in [0.25, 0.3) is 0 Å². The Bertz CT molecular complexity index is 420. The van der Waals surface area contributed by atoms with E-state index in [1.165, 1.54) is 12.7 Å². The maximum Gasteiger partial charge on any atom is 0.338 e. The number of ether oxygens (including phenoxy) is 2. The Balaban J connectivity index is 0.00000144. The van der Waals surface area contributed by atoms with Crippen molar-refractivity contribution in [2.24, 2.45) is 0 Å². The second-order valence-corrected chi connectivity index (χ2v) is 3.73. The lowest BCUT2D eigenvalue weighted by molar-refractivity contribution is 0.0598. The van der Waals surface area contributed by atoms with Crippen molar-refractivity contribution in [3.05, 3.63) is 28.8 Å². The normalized spacial score (nSPS) is 13.3. The van der Waals surface area contributed by atoms with Gasteiger partial charge in [-0.05, 0) is 36.2 Å². The van der Waals surface area contributed by atoms with Gasteiger partial charge in [-0.15, -0.1) is 12.4 Å². The molecule has 0 saturated carbocycles. The average Bonchev–Trinajstić information content (AvgIpc) is 2.36. The topological polar surface area (TPSA) is 47.6 Å². The smallest absolute Gasteiger partial charge is 0.338 e. The van der Waals surface area contributed by atoms with E-state index in [4.69, 9.17) is 9.47 Å². The van der Waals surface area contributed by atoms with Crippen LogP contribution in [0.1, 0.15) is 21.5 Å². The van der Waals surface area contributed by atoms with Crippen LogP contribution in [0.4, 0.5) is 0 Å².